The Hall–Kier alpha value is -4.71. The molecule has 0 N–H and O–H groups in total. The molecule has 6 heteroatoms. The van der Waals surface area contributed by atoms with E-state index in [4.69, 9.17) is 14.2 Å². The zero-order valence-corrected chi connectivity index (χ0v) is 41.2. The van der Waals surface area contributed by atoms with Gasteiger partial charge in [0.1, 0.15) is 13.2 Å². The minimum Gasteiger partial charge on any atom is -0.462 e. The molecule has 0 aliphatic heterocycles. The van der Waals surface area contributed by atoms with Gasteiger partial charge in [-0.2, -0.15) is 0 Å². The van der Waals surface area contributed by atoms with E-state index in [0.29, 0.717) is 19.3 Å². The number of allylic oxidation sites excluding steroid dienone is 24. The molecule has 0 bridgehead atoms. The van der Waals surface area contributed by atoms with Crippen molar-refractivity contribution in [2.75, 3.05) is 13.2 Å². The standard InChI is InChI=1S/C59H90O6/c1-4-7-10-13-16-19-22-25-27-28-29-30-32-34-37-40-43-46-49-52-58(61)64-55-56(54-63-57(60)51-48-45-42-39-36-33-24-21-18-15-12-9-6-3)65-59(62)53-50-47-44-41-38-35-31-26-23-20-17-14-11-8-5-2/h7-12,14-21,23-27,29-31,35,38,56H,4-6,13,22,28,32-34,36-37,39-55H2,1-3H3/b10-7-,11-8-,12-9-,17-14-,18-15-,19-16-,23-20-,24-21-,27-25-,30-29-,31-26-,38-35-. The predicted molar refractivity (Wildman–Crippen MR) is 279 cm³/mol. The van der Waals surface area contributed by atoms with Gasteiger partial charge in [0.2, 0.25) is 0 Å². The van der Waals surface area contributed by atoms with Crippen molar-refractivity contribution >= 4 is 17.9 Å². The first-order valence-electron chi connectivity index (χ1n) is 25.4. The topological polar surface area (TPSA) is 78.9 Å². The maximum absolute atomic E-state index is 12.8. The van der Waals surface area contributed by atoms with Crippen LogP contribution in [0, 0.1) is 0 Å². The lowest BCUT2D eigenvalue weighted by Gasteiger charge is -2.18. The van der Waals surface area contributed by atoms with Gasteiger partial charge in [-0.05, 0) is 96.3 Å². The maximum atomic E-state index is 12.8. The molecule has 6 nitrogen and oxygen atoms in total. The smallest absolute Gasteiger partial charge is 0.306 e. The lowest BCUT2D eigenvalue weighted by molar-refractivity contribution is -0.167. The molecule has 0 aliphatic rings. The highest BCUT2D eigenvalue weighted by Gasteiger charge is 2.19. The Bertz CT molecular complexity index is 1490. The van der Waals surface area contributed by atoms with Gasteiger partial charge < -0.3 is 14.2 Å². The van der Waals surface area contributed by atoms with Gasteiger partial charge in [0, 0.05) is 19.3 Å². The van der Waals surface area contributed by atoms with Crippen LogP contribution >= 0.6 is 0 Å². The molecule has 0 amide bonds. The molecule has 0 spiro atoms. The summed E-state index contributed by atoms with van der Waals surface area (Å²) < 4.78 is 16.7. The molecular formula is C59H90O6. The fraction of sp³-hybridized carbons (Fsp3) is 0.542. The van der Waals surface area contributed by atoms with E-state index in [2.05, 4.69) is 112 Å². The van der Waals surface area contributed by atoms with Gasteiger partial charge in [0.15, 0.2) is 6.10 Å². The molecule has 1 unspecified atom stereocenters. The van der Waals surface area contributed by atoms with Gasteiger partial charge in [0.25, 0.3) is 0 Å². The number of ether oxygens (including phenoxy) is 3. The number of unbranched alkanes of at least 4 members (excludes halogenated alkanes) is 14. The molecular weight excluding hydrogens is 805 g/mol. The summed E-state index contributed by atoms with van der Waals surface area (Å²) in [4.78, 5) is 38.0. The van der Waals surface area contributed by atoms with Crippen molar-refractivity contribution in [2.24, 2.45) is 0 Å². The van der Waals surface area contributed by atoms with E-state index < -0.39 is 6.10 Å². The third-order valence-corrected chi connectivity index (χ3v) is 10.0. The summed E-state index contributed by atoms with van der Waals surface area (Å²) in [6.07, 6.45) is 74.0. The monoisotopic (exact) mass is 895 g/mol. The van der Waals surface area contributed by atoms with Crippen molar-refractivity contribution in [2.45, 2.75) is 194 Å². The predicted octanol–water partition coefficient (Wildman–Crippen LogP) is 16.9. The van der Waals surface area contributed by atoms with E-state index in [1.54, 1.807) is 0 Å². The molecule has 0 heterocycles. The number of hydrogen-bond donors (Lipinski definition) is 0. The molecule has 0 saturated carbocycles. The van der Waals surface area contributed by atoms with Crippen molar-refractivity contribution in [3.63, 3.8) is 0 Å². The van der Waals surface area contributed by atoms with E-state index >= 15 is 0 Å². The Balaban J connectivity index is 4.53. The largest absolute Gasteiger partial charge is 0.462 e. The molecule has 0 aromatic rings. The quantitative estimate of drug-likeness (QED) is 0.0199. The van der Waals surface area contributed by atoms with Crippen molar-refractivity contribution in [3.05, 3.63) is 146 Å². The average molecular weight is 895 g/mol. The van der Waals surface area contributed by atoms with Crippen LogP contribution in [0.25, 0.3) is 0 Å². The number of hydrogen-bond acceptors (Lipinski definition) is 6. The highest BCUT2D eigenvalue weighted by atomic mass is 16.6. The highest BCUT2D eigenvalue weighted by Crippen LogP contribution is 2.12. The second kappa shape index (κ2) is 51.9. The minimum atomic E-state index is -0.821. The van der Waals surface area contributed by atoms with Gasteiger partial charge in [-0.1, -0.05) is 218 Å². The van der Waals surface area contributed by atoms with Crippen LogP contribution in [-0.4, -0.2) is 37.2 Å². The van der Waals surface area contributed by atoms with Crippen LogP contribution in [0.3, 0.4) is 0 Å². The molecule has 65 heavy (non-hydrogen) atoms. The number of carbonyl (C=O) groups excluding carboxylic acids is 3. The number of rotatable bonds is 43. The minimum absolute atomic E-state index is 0.117. The Morgan fingerprint density at radius 2 is 0.631 bits per heavy atom. The van der Waals surface area contributed by atoms with Crippen molar-refractivity contribution in [1.82, 2.24) is 0 Å². The third kappa shape index (κ3) is 50.2. The van der Waals surface area contributed by atoms with Crippen LogP contribution in [0.2, 0.25) is 0 Å². The van der Waals surface area contributed by atoms with Gasteiger partial charge in [-0.25, -0.2) is 0 Å². The van der Waals surface area contributed by atoms with E-state index in [9.17, 15) is 14.4 Å². The summed E-state index contributed by atoms with van der Waals surface area (Å²) >= 11 is 0. The lowest BCUT2D eigenvalue weighted by Crippen LogP contribution is -2.30. The first-order valence-corrected chi connectivity index (χ1v) is 25.4. The fourth-order valence-electron chi connectivity index (χ4n) is 6.28. The molecule has 0 aromatic heterocycles. The fourth-order valence-corrected chi connectivity index (χ4v) is 6.28. The number of carbonyl (C=O) groups is 3. The Labute approximate surface area is 397 Å². The molecule has 0 aliphatic carbocycles. The van der Waals surface area contributed by atoms with E-state index in [1.807, 2.05) is 54.7 Å². The summed E-state index contributed by atoms with van der Waals surface area (Å²) in [7, 11) is 0. The zero-order valence-electron chi connectivity index (χ0n) is 41.2. The lowest BCUT2D eigenvalue weighted by atomic mass is 10.1. The third-order valence-electron chi connectivity index (χ3n) is 10.0. The van der Waals surface area contributed by atoms with E-state index in [-0.39, 0.29) is 37.5 Å². The van der Waals surface area contributed by atoms with Crippen molar-refractivity contribution in [1.29, 1.82) is 0 Å². The van der Waals surface area contributed by atoms with Gasteiger partial charge in [0.05, 0.1) is 0 Å². The van der Waals surface area contributed by atoms with Gasteiger partial charge in [-0.15, -0.1) is 0 Å². The molecule has 0 aromatic carbocycles. The van der Waals surface area contributed by atoms with Crippen molar-refractivity contribution in [3.8, 4) is 0 Å². The molecule has 1 atom stereocenters. The van der Waals surface area contributed by atoms with Crippen LogP contribution in [0.4, 0.5) is 0 Å². The summed E-state index contributed by atoms with van der Waals surface area (Å²) in [6, 6.07) is 0. The van der Waals surface area contributed by atoms with Crippen LogP contribution < -0.4 is 0 Å². The Morgan fingerprint density at radius 3 is 1.06 bits per heavy atom. The first kappa shape index (κ1) is 60.3. The second-order valence-electron chi connectivity index (χ2n) is 16.1. The summed E-state index contributed by atoms with van der Waals surface area (Å²) in [6.45, 7) is 6.15. The van der Waals surface area contributed by atoms with Crippen LogP contribution in [-0.2, 0) is 28.6 Å². The van der Waals surface area contributed by atoms with Gasteiger partial charge >= 0.3 is 17.9 Å². The van der Waals surface area contributed by atoms with Gasteiger partial charge in [-0.3, -0.25) is 14.4 Å². The van der Waals surface area contributed by atoms with Crippen molar-refractivity contribution < 1.29 is 28.6 Å². The SMILES string of the molecule is CC\C=C/C=C\C=C/C=C\C=C/CCCCCC(=O)OC(COC(=O)CCCCCCC\C=C/C=C\C=C/CC)COC(=O)CCCCCCCC/C=C\C/C=C\C/C=C\C/C=C\CC. The van der Waals surface area contributed by atoms with Crippen LogP contribution in [0.5, 0.6) is 0 Å². The highest BCUT2D eigenvalue weighted by molar-refractivity contribution is 5.71. The zero-order chi connectivity index (χ0) is 47.2. The molecule has 0 saturated heterocycles. The summed E-state index contributed by atoms with van der Waals surface area (Å²) in [5.74, 6) is -1.01. The summed E-state index contributed by atoms with van der Waals surface area (Å²) in [5.41, 5.74) is 0. The number of esters is 3. The normalized spacial score (nSPS) is 13.3. The van der Waals surface area contributed by atoms with E-state index in [0.717, 1.165) is 128 Å². The average Bonchev–Trinajstić information content (AvgIpc) is 3.30. The molecule has 0 fully saturated rings. The summed E-state index contributed by atoms with van der Waals surface area (Å²) in [5, 5.41) is 0. The molecule has 0 radical (unpaired) electrons. The maximum Gasteiger partial charge on any atom is 0.306 e. The Kier molecular flexibility index (Phi) is 48.2. The van der Waals surface area contributed by atoms with Crippen LogP contribution in [0.15, 0.2) is 146 Å². The molecule has 0 rings (SSSR count). The molecule has 362 valence electrons. The van der Waals surface area contributed by atoms with Crippen LogP contribution in [0.1, 0.15) is 188 Å². The van der Waals surface area contributed by atoms with E-state index in [1.165, 1.54) is 12.8 Å². The first-order chi connectivity index (χ1) is 32.0. The second-order valence-corrected chi connectivity index (χ2v) is 16.1. The Morgan fingerprint density at radius 1 is 0.323 bits per heavy atom.